The molecule has 0 spiro atoms. The van der Waals surface area contributed by atoms with Crippen LogP contribution in [0.3, 0.4) is 0 Å². The van der Waals surface area contributed by atoms with Crippen LogP contribution in [0.15, 0.2) is 79.1 Å². The van der Waals surface area contributed by atoms with E-state index in [0.717, 1.165) is 36.4 Å². The quantitative estimate of drug-likeness (QED) is 0.524. The zero-order chi connectivity index (χ0) is 19.3. The molecule has 0 radical (unpaired) electrons. The van der Waals surface area contributed by atoms with Crippen molar-refractivity contribution in [3.63, 3.8) is 0 Å². The first-order valence-electron chi connectivity index (χ1n) is 9.64. The molecule has 142 valence electrons. The van der Waals surface area contributed by atoms with E-state index in [1.54, 1.807) is 0 Å². The smallest absolute Gasteiger partial charge is 0.100 e. The number of aromatic nitrogens is 2. The molecule has 28 heavy (non-hydrogen) atoms. The monoisotopic (exact) mass is 370 g/mol. The lowest BCUT2D eigenvalue weighted by molar-refractivity contribution is 0.402. The van der Waals surface area contributed by atoms with Crippen molar-refractivity contribution in [3.8, 4) is 5.69 Å². The van der Waals surface area contributed by atoms with Crippen LogP contribution in [0.4, 0.5) is 0 Å². The molecule has 1 aromatic heterocycles. The van der Waals surface area contributed by atoms with Gasteiger partial charge in [0.25, 0.3) is 0 Å². The van der Waals surface area contributed by atoms with Crippen molar-refractivity contribution in [3.05, 3.63) is 95.8 Å². The van der Waals surface area contributed by atoms with Gasteiger partial charge in [0, 0.05) is 25.3 Å². The summed E-state index contributed by atoms with van der Waals surface area (Å²) in [7, 11) is 4.19. The van der Waals surface area contributed by atoms with Crippen LogP contribution >= 0.6 is 0 Å². The predicted molar refractivity (Wildman–Crippen MR) is 115 cm³/mol. The van der Waals surface area contributed by atoms with Crippen molar-refractivity contribution in [1.82, 2.24) is 19.8 Å². The summed E-state index contributed by atoms with van der Waals surface area (Å²) in [6, 6.07) is 25.7. The van der Waals surface area contributed by atoms with E-state index in [9.17, 15) is 0 Å². The van der Waals surface area contributed by atoms with Crippen LogP contribution in [0, 0.1) is 0 Å². The molecular weight excluding hydrogens is 344 g/mol. The lowest BCUT2D eigenvalue weighted by atomic mass is 10.1. The molecule has 0 saturated carbocycles. The fraction of sp³-hybridized carbons (Fsp3) is 0.208. The summed E-state index contributed by atoms with van der Waals surface area (Å²) in [5, 5.41) is 3.53. The standard InChI is InChI=1S/C24H26N4/c1-27(2)17-21-9-7-19(8-10-21)15-25-16-20-11-13-22(14-12-20)28-18-26-23-5-3-4-6-24(23)28/h3-14,18,25H,15-17H2,1-2H3. The maximum absolute atomic E-state index is 4.47. The lowest BCUT2D eigenvalue weighted by Crippen LogP contribution is -2.13. The van der Waals surface area contributed by atoms with Crippen LogP contribution in [-0.4, -0.2) is 28.5 Å². The molecule has 1 heterocycles. The van der Waals surface area contributed by atoms with Gasteiger partial charge in [0.15, 0.2) is 0 Å². The van der Waals surface area contributed by atoms with Gasteiger partial charge < -0.3 is 10.2 Å². The maximum atomic E-state index is 4.47. The minimum absolute atomic E-state index is 0.852. The number of hydrogen-bond acceptors (Lipinski definition) is 3. The highest BCUT2D eigenvalue weighted by atomic mass is 15.1. The highest BCUT2D eigenvalue weighted by Gasteiger charge is 2.04. The van der Waals surface area contributed by atoms with E-state index in [4.69, 9.17) is 0 Å². The van der Waals surface area contributed by atoms with Crippen LogP contribution in [0.2, 0.25) is 0 Å². The fourth-order valence-corrected chi connectivity index (χ4v) is 3.42. The summed E-state index contributed by atoms with van der Waals surface area (Å²) < 4.78 is 2.13. The molecule has 4 rings (SSSR count). The second-order valence-electron chi connectivity index (χ2n) is 7.43. The van der Waals surface area contributed by atoms with Gasteiger partial charge in [-0.15, -0.1) is 0 Å². The molecule has 1 N–H and O–H groups in total. The number of nitrogens with zero attached hydrogens (tertiary/aromatic N) is 3. The summed E-state index contributed by atoms with van der Waals surface area (Å²) in [5.74, 6) is 0. The third-order valence-corrected chi connectivity index (χ3v) is 4.85. The van der Waals surface area contributed by atoms with E-state index < -0.39 is 0 Å². The number of rotatable bonds is 7. The molecule has 4 nitrogen and oxygen atoms in total. The highest BCUT2D eigenvalue weighted by Crippen LogP contribution is 2.18. The van der Waals surface area contributed by atoms with Crippen molar-refractivity contribution < 1.29 is 0 Å². The Morgan fingerprint density at radius 1 is 0.786 bits per heavy atom. The number of para-hydroxylation sites is 2. The Bertz CT molecular complexity index is 1030. The Balaban J connectivity index is 1.35. The van der Waals surface area contributed by atoms with Crippen LogP contribution in [0.1, 0.15) is 16.7 Å². The second-order valence-corrected chi connectivity index (χ2v) is 7.43. The van der Waals surface area contributed by atoms with Gasteiger partial charge in [0.05, 0.1) is 11.0 Å². The van der Waals surface area contributed by atoms with Gasteiger partial charge in [-0.25, -0.2) is 4.98 Å². The zero-order valence-electron chi connectivity index (χ0n) is 16.5. The molecule has 0 aliphatic carbocycles. The van der Waals surface area contributed by atoms with Gasteiger partial charge in [-0.05, 0) is 55.1 Å². The van der Waals surface area contributed by atoms with Crippen molar-refractivity contribution >= 4 is 11.0 Å². The van der Waals surface area contributed by atoms with Crippen LogP contribution in [-0.2, 0) is 19.6 Å². The third kappa shape index (κ3) is 4.30. The summed E-state index contributed by atoms with van der Waals surface area (Å²) in [6.07, 6.45) is 1.89. The Hall–Kier alpha value is -2.95. The normalized spacial score (nSPS) is 11.4. The van der Waals surface area contributed by atoms with E-state index in [1.165, 1.54) is 16.7 Å². The molecule has 4 aromatic rings. The van der Waals surface area contributed by atoms with Crippen molar-refractivity contribution in [1.29, 1.82) is 0 Å². The van der Waals surface area contributed by atoms with E-state index in [-0.39, 0.29) is 0 Å². The molecule has 0 fully saturated rings. The van der Waals surface area contributed by atoms with Gasteiger partial charge in [0.1, 0.15) is 6.33 Å². The number of nitrogens with one attached hydrogen (secondary N) is 1. The predicted octanol–water partition coefficient (Wildman–Crippen LogP) is 4.38. The lowest BCUT2D eigenvalue weighted by Gasteiger charge is -2.11. The first-order valence-corrected chi connectivity index (χ1v) is 9.64. The first-order chi connectivity index (χ1) is 13.7. The van der Waals surface area contributed by atoms with Crippen LogP contribution in [0.5, 0.6) is 0 Å². The Kier molecular flexibility index (Phi) is 5.51. The molecule has 3 aromatic carbocycles. The SMILES string of the molecule is CN(C)Cc1ccc(CNCc2ccc(-n3cnc4ccccc43)cc2)cc1. The van der Waals surface area contributed by atoms with Gasteiger partial charge in [-0.2, -0.15) is 0 Å². The van der Waals surface area contributed by atoms with Gasteiger partial charge >= 0.3 is 0 Å². The average Bonchev–Trinajstić information content (AvgIpc) is 3.14. The van der Waals surface area contributed by atoms with E-state index in [1.807, 2.05) is 24.5 Å². The zero-order valence-corrected chi connectivity index (χ0v) is 16.5. The molecule has 0 unspecified atom stereocenters. The fourth-order valence-electron chi connectivity index (χ4n) is 3.42. The number of benzene rings is 3. The number of fused-ring (bicyclic) bond motifs is 1. The van der Waals surface area contributed by atoms with Gasteiger partial charge in [-0.1, -0.05) is 48.5 Å². The first kappa shape index (κ1) is 18.4. The minimum Gasteiger partial charge on any atom is -0.309 e. The van der Waals surface area contributed by atoms with E-state index in [0.29, 0.717) is 0 Å². The van der Waals surface area contributed by atoms with Crippen molar-refractivity contribution in [2.75, 3.05) is 14.1 Å². The largest absolute Gasteiger partial charge is 0.309 e. The van der Waals surface area contributed by atoms with Crippen LogP contribution in [0.25, 0.3) is 16.7 Å². The Labute approximate surface area is 166 Å². The molecule has 0 saturated heterocycles. The topological polar surface area (TPSA) is 33.1 Å². The Morgan fingerprint density at radius 2 is 1.39 bits per heavy atom. The molecule has 0 atom stereocenters. The second kappa shape index (κ2) is 8.38. The number of hydrogen-bond donors (Lipinski definition) is 1. The molecule has 0 aliphatic heterocycles. The van der Waals surface area contributed by atoms with E-state index in [2.05, 4.69) is 88.5 Å². The summed E-state index contributed by atoms with van der Waals surface area (Å²) in [4.78, 5) is 6.65. The number of imidazole rings is 1. The molecule has 4 heteroatoms. The average molecular weight is 371 g/mol. The van der Waals surface area contributed by atoms with Gasteiger partial charge in [-0.3, -0.25) is 4.57 Å². The maximum Gasteiger partial charge on any atom is 0.100 e. The molecule has 0 aliphatic rings. The van der Waals surface area contributed by atoms with Crippen LogP contribution < -0.4 is 5.32 Å². The minimum atomic E-state index is 0.852. The molecular formula is C24H26N4. The molecule has 0 amide bonds. The summed E-state index contributed by atoms with van der Waals surface area (Å²) in [5.41, 5.74) is 7.21. The highest BCUT2D eigenvalue weighted by molar-refractivity contribution is 5.77. The molecule has 0 bridgehead atoms. The Morgan fingerprint density at radius 3 is 2.07 bits per heavy atom. The van der Waals surface area contributed by atoms with Crippen molar-refractivity contribution in [2.45, 2.75) is 19.6 Å². The summed E-state index contributed by atoms with van der Waals surface area (Å²) in [6.45, 7) is 2.70. The van der Waals surface area contributed by atoms with Crippen molar-refractivity contribution in [2.24, 2.45) is 0 Å². The summed E-state index contributed by atoms with van der Waals surface area (Å²) >= 11 is 0. The van der Waals surface area contributed by atoms with E-state index >= 15 is 0 Å². The third-order valence-electron chi connectivity index (χ3n) is 4.85. The van der Waals surface area contributed by atoms with Gasteiger partial charge in [0.2, 0.25) is 0 Å².